The first-order chi connectivity index (χ1) is 9.61. The van der Waals surface area contributed by atoms with Crippen LogP contribution < -0.4 is 11.1 Å². The second-order valence-electron chi connectivity index (χ2n) is 5.65. The number of nitrogens with one attached hydrogen (secondary N) is 1. The third-order valence-corrected chi connectivity index (χ3v) is 4.16. The van der Waals surface area contributed by atoms with E-state index >= 15 is 0 Å². The average Bonchev–Trinajstić information content (AvgIpc) is 2.47. The van der Waals surface area contributed by atoms with Crippen molar-refractivity contribution in [2.24, 2.45) is 5.73 Å². The molecule has 4 heteroatoms. The first-order valence-corrected chi connectivity index (χ1v) is 7.47. The number of carbonyl (C=O) groups excluding carboxylic acids is 1. The molecular formula is C16H25N3O. The van der Waals surface area contributed by atoms with Gasteiger partial charge >= 0.3 is 0 Å². The molecular weight excluding hydrogens is 250 g/mol. The lowest BCUT2D eigenvalue weighted by Crippen LogP contribution is -2.48. The fourth-order valence-electron chi connectivity index (χ4n) is 2.87. The molecule has 110 valence electrons. The van der Waals surface area contributed by atoms with Gasteiger partial charge in [-0.2, -0.15) is 0 Å². The average molecular weight is 275 g/mol. The van der Waals surface area contributed by atoms with Crippen LogP contribution in [0.5, 0.6) is 0 Å². The summed E-state index contributed by atoms with van der Waals surface area (Å²) >= 11 is 0. The van der Waals surface area contributed by atoms with Crippen LogP contribution in [-0.2, 0) is 11.3 Å². The molecule has 20 heavy (non-hydrogen) atoms. The van der Waals surface area contributed by atoms with Crippen molar-refractivity contribution < 1.29 is 4.79 Å². The Kier molecular flexibility index (Phi) is 5.15. The Balaban J connectivity index is 1.99. The van der Waals surface area contributed by atoms with E-state index in [-0.39, 0.29) is 11.9 Å². The summed E-state index contributed by atoms with van der Waals surface area (Å²) in [6, 6.07) is 8.12. The van der Waals surface area contributed by atoms with Gasteiger partial charge in [-0.25, -0.2) is 0 Å². The molecule has 1 aromatic rings. The molecule has 0 radical (unpaired) electrons. The number of benzene rings is 1. The Morgan fingerprint density at radius 3 is 3.00 bits per heavy atom. The predicted octanol–water partition coefficient (Wildman–Crippen LogP) is 2.35. The van der Waals surface area contributed by atoms with E-state index in [2.05, 4.69) is 17.1 Å². The summed E-state index contributed by atoms with van der Waals surface area (Å²) in [6.45, 7) is 5.70. The first-order valence-electron chi connectivity index (χ1n) is 7.47. The van der Waals surface area contributed by atoms with Gasteiger partial charge in [0.25, 0.3) is 0 Å². The maximum Gasteiger partial charge on any atom is 0.241 e. The van der Waals surface area contributed by atoms with Crippen molar-refractivity contribution in [1.29, 1.82) is 0 Å². The smallest absolute Gasteiger partial charge is 0.241 e. The molecule has 2 rings (SSSR count). The minimum absolute atomic E-state index is 0.0629. The topological polar surface area (TPSA) is 58.4 Å². The van der Waals surface area contributed by atoms with Crippen LogP contribution in [0.2, 0.25) is 0 Å². The summed E-state index contributed by atoms with van der Waals surface area (Å²) in [4.78, 5) is 14.7. The third kappa shape index (κ3) is 3.58. The Morgan fingerprint density at radius 2 is 2.30 bits per heavy atom. The summed E-state index contributed by atoms with van der Waals surface area (Å²) in [5.74, 6) is 0.0629. The third-order valence-electron chi connectivity index (χ3n) is 4.16. The SMILES string of the molecule is CC1CCCCN1C(C)C(=O)Nc1cccc(CN)c1. The molecule has 0 aromatic heterocycles. The fourth-order valence-corrected chi connectivity index (χ4v) is 2.87. The van der Waals surface area contributed by atoms with Crippen molar-refractivity contribution in [3.63, 3.8) is 0 Å². The summed E-state index contributed by atoms with van der Waals surface area (Å²) in [7, 11) is 0. The van der Waals surface area contributed by atoms with E-state index in [1.165, 1.54) is 19.3 Å². The number of likely N-dealkylation sites (tertiary alicyclic amines) is 1. The van der Waals surface area contributed by atoms with E-state index in [4.69, 9.17) is 5.73 Å². The minimum atomic E-state index is -0.0909. The maximum absolute atomic E-state index is 12.4. The van der Waals surface area contributed by atoms with Crippen LogP contribution in [-0.4, -0.2) is 29.4 Å². The van der Waals surface area contributed by atoms with Crippen LogP contribution >= 0.6 is 0 Å². The van der Waals surface area contributed by atoms with Gasteiger partial charge in [-0.3, -0.25) is 9.69 Å². The van der Waals surface area contributed by atoms with Crippen LogP contribution in [0.25, 0.3) is 0 Å². The van der Waals surface area contributed by atoms with E-state index in [0.29, 0.717) is 12.6 Å². The van der Waals surface area contributed by atoms with Crippen LogP contribution in [0.15, 0.2) is 24.3 Å². The molecule has 1 heterocycles. The van der Waals surface area contributed by atoms with Crippen molar-refractivity contribution in [3.8, 4) is 0 Å². The Morgan fingerprint density at radius 1 is 1.50 bits per heavy atom. The summed E-state index contributed by atoms with van der Waals surface area (Å²) in [5.41, 5.74) is 7.48. The van der Waals surface area contributed by atoms with Gasteiger partial charge in [0.05, 0.1) is 6.04 Å². The normalized spacial score (nSPS) is 21.4. The van der Waals surface area contributed by atoms with Gasteiger partial charge < -0.3 is 11.1 Å². The van der Waals surface area contributed by atoms with Gasteiger partial charge in [0, 0.05) is 18.3 Å². The van der Waals surface area contributed by atoms with E-state index in [9.17, 15) is 4.79 Å². The lowest BCUT2D eigenvalue weighted by atomic mass is 10.0. The molecule has 0 aliphatic carbocycles. The van der Waals surface area contributed by atoms with E-state index in [0.717, 1.165) is 17.8 Å². The van der Waals surface area contributed by atoms with E-state index in [1.807, 2.05) is 31.2 Å². The molecule has 0 saturated carbocycles. The maximum atomic E-state index is 12.4. The molecule has 1 saturated heterocycles. The fraction of sp³-hybridized carbons (Fsp3) is 0.562. The number of carbonyl (C=O) groups is 1. The Labute approximate surface area is 121 Å². The lowest BCUT2D eigenvalue weighted by Gasteiger charge is -2.37. The van der Waals surface area contributed by atoms with Gasteiger partial charge in [-0.05, 0) is 50.9 Å². The van der Waals surface area contributed by atoms with Crippen molar-refractivity contribution in [2.75, 3.05) is 11.9 Å². The highest BCUT2D eigenvalue weighted by molar-refractivity contribution is 5.94. The van der Waals surface area contributed by atoms with Gasteiger partial charge in [0.15, 0.2) is 0 Å². The summed E-state index contributed by atoms with van der Waals surface area (Å²) in [5, 5.41) is 3.00. The number of nitrogens with zero attached hydrogens (tertiary/aromatic N) is 1. The second kappa shape index (κ2) is 6.86. The van der Waals surface area contributed by atoms with Gasteiger partial charge in [-0.1, -0.05) is 18.6 Å². The predicted molar refractivity (Wildman–Crippen MR) is 82.4 cm³/mol. The van der Waals surface area contributed by atoms with Crippen LogP contribution in [0.1, 0.15) is 38.7 Å². The number of anilines is 1. The number of rotatable bonds is 4. The molecule has 0 spiro atoms. The molecule has 1 fully saturated rings. The second-order valence-corrected chi connectivity index (χ2v) is 5.65. The Bertz CT molecular complexity index is 461. The molecule has 2 unspecified atom stereocenters. The van der Waals surface area contributed by atoms with Crippen LogP contribution in [0.4, 0.5) is 5.69 Å². The highest BCUT2D eigenvalue weighted by Crippen LogP contribution is 2.20. The van der Waals surface area contributed by atoms with E-state index in [1.54, 1.807) is 0 Å². The number of hydrogen-bond acceptors (Lipinski definition) is 3. The lowest BCUT2D eigenvalue weighted by molar-refractivity contribution is -0.122. The van der Waals surface area contributed by atoms with Crippen molar-refractivity contribution in [2.45, 2.75) is 51.7 Å². The monoisotopic (exact) mass is 275 g/mol. The zero-order chi connectivity index (χ0) is 14.5. The van der Waals surface area contributed by atoms with Gasteiger partial charge in [0.2, 0.25) is 5.91 Å². The number of amides is 1. The zero-order valence-electron chi connectivity index (χ0n) is 12.4. The van der Waals surface area contributed by atoms with Gasteiger partial charge in [-0.15, -0.1) is 0 Å². The highest BCUT2D eigenvalue weighted by atomic mass is 16.2. The summed E-state index contributed by atoms with van der Waals surface area (Å²) < 4.78 is 0. The molecule has 3 N–H and O–H groups in total. The quantitative estimate of drug-likeness (QED) is 0.887. The van der Waals surface area contributed by atoms with Crippen LogP contribution in [0, 0.1) is 0 Å². The molecule has 1 amide bonds. The molecule has 2 atom stereocenters. The zero-order valence-corrected chi connectivity index (χ0v) is 12.4. The largest absolute Gasteiger partial charge is 0.326 e. The van der Waals surface area contributed by atoms with Crippen molar-refractivity contribution >= 4 is 11.6 Å². The molecule has 0 bridgehead atoms. The van der Waals surface area contributed by atoms with Crippen LogP contribution in [0.3, 0.4) is 0 Å². The number of piperidine rings is 1. The number of nitrogens with two attached hydrogens (primary N) is 1. The van der Waals surface area contributed by atoms with E-state index < -0.39 is 0 Å². The Hall–Kier alpha value is -1.39. The number of hydrogen-bond donors (Lipinski definition) is 2. The summed E-state index contributed by atoms with van der Waals surface area (Å²) in [6.07, 6.45) is 3.63. The molecule has 1 aromatic carbocycles. The van der Waals surface area contributed by atoms with Crippen molar-refractivity contribution in [3.05, 3.63) is 29.8 Å². The first kappa shape index (κ1) is 15.0. The molecule has 1 aliphatic rings. The molecule has 4 nitrogen and oxygen atoms in total. The highest BCUT2D eigenvalue weighted by Gasteiger charge is 2.27. The molecule has 1 aliphatic heterocycles. The minimum Gasteiger partial charge on any atom is -0.326 e. The standard InChI is InChI=1S/C16H25N3O/c1-12-6-3-4-9-19(12)13(2)16(20)18-15-8-5-7-14(10-15)11-17/h5,7-8,10,12-13H,3-4,6,9,11,17H2,1-2H3,(H,18,20). The van der Waals surface area contributed by atoms with Crippen molar-refractivity contribution in [1.82, 2.24) is 4.90 Å². The van der Waals surface area contributed by atoms with Gasteiger partial charge in [0.1, 0.15) is 0 Å².